The maximum Gasteiger partial charge on any atom is 0.0750 e. The molecule has 0 aromatic heterocycles. The van der Waals surface area contributed by atoms with Crippen molar-refractivity contribution in [2.45, 2.75) is 26.8 Å². The van der Waals surface area contributed by atoms with Crippen LogP contribution in [0, 0.1) is 5.92 Å². The third-order valence-electron chi connectivity index (χ3n) is 1.37. The lowest BCUT2D eigenvalue weighted by Gasteiger charge is -2.13. The van der Waals surface area contributed by atoms with Gasteiger partial charge < -0.3 is 0 Å². The van der Waals surface area contributed by atoms with Crippen molar-refractivity contribution in [1.29, 1.82) is 0 Å². The molecule has 1 unspecified atom stereocenters. The van der Waals surface area contributed by atoms with Gasteiger partial charge in [0.05, 0.1) is 11.1 Å². The van der Waals surface area contributed by atoms with E-state index in [9.17, 15) is 0 Å². The van der Waals surface area contributed by atoms with Gasteiger partial charge in [0.1, 0.15) is 0 Å². The van der Waals surface area contributed by atoms with Gasteiger partial charge in [0.25, 0.3) is 0 Å². The van der Waals surface area contributed by atoms with Gasteiger partial charge in [-0.25, -0.2) is 0 Å². The summed E-state index contributed by atoms with van der Waals surface area (Å²) in [4.78, 5) is 4.47. The number of hydrogen-bond donors (Lipinski definition) is 0. The zero-order chi connectivity index (χ0) is 7.56. The Morgan fingerprint density at radius 2 is 2.30 bits per heavy atom. The summed E-state index contributed by atoms with van der Waals surface area (Å²) in [5, 5.41) is 3.39. The summed E-state index contributed by atoms with van der Waals surface area (Å²) in [6, 6.07) is 0.388. The van der Waals surface area contributed by atoms with Crippen LogP contribution < -0.4 is 0 Å². The van der Waals surface area contributed by atoms with Crippen LogP contribution in [-0.2, 0) is 0 Å². The molecule has 0 saturated heterocycles. The van der Waals surface area contributed by atoms with Crippen molar-refractivity contribution in [1.82, 2.24) is 0 Å². The second-order valence-electron chi connectivity index (χ2n) is 2.81. The molecule has 0 bridgehead atoms. The molecule has 1 aliphatic rings. The van der Waals surface area contributed by atoms with Crippen molar-refractivity contribution in [3.05, 3.63) is 11.5 Å². The zero-order valence-corrected chi connectivity index (χ0v) is 7.48. The first kappa shape index (κ1) is 7.86. The average Bonchev–Trinajstić information content (AvgIpc) is 1.88. The number of thioether (sulfide) groups is 1. The van der Waals surface area contributed by atoms with Crippen LogP contribution in [0.3, 0.4) is 0 Å². The topological polar surface area (TPSA) is 12.4 Å². The van der Waals surface area contributed by atoms with Crippen molar-refractivity contribution in [3.8, 4) is 0 Å². The van der Waals surface area contributed by atoms with E-state index in [1.54, 1.807) is 11.8 Å². The molecular weight excluding hydrogens is 142 g/mol. The van der Waals surface area contributed by atoms with E-state index in [-0.39, 0.29) is 0 Å². The Morgan fingerprint density at radius 1 is 1.60 bits per heavy atom. The minimum atomic E-state index is 0.388. The van der Waals surface area contributed by atoms with Crippen LogP contribution in [0.25, 0.3) is 0 Å². The second kappa shape index (κ2) is 3.24. The van der Waals surface area contributed by atoms with Gasteiger partial charge in [-0.05, 0) is 12.3 Å². The fourth-order valence-electron chi connectivity index (χ4n) is 0.782. The van der Waals surface area contributed by atoms with Gasteiger partial charge in [0.15, 0.2) is 0 Å². The van der Waals surface area contributed by atoms with E-state index in [1.165, 1.54) is 5.04 Å². The van der Waals surface area contributed by atoms with Crippen LogP contribution in [0.1, 0.15) is 20.8 Å². The fourth-order valence-corrected chi connectivity index (χ4v) is 1.73. The first-order valence-electron chi connectivity index (χ1n) is 3.61. The summed E-state index contributed by atoms with van der Waals surface area (Å²) in [5.74, 6) is 0.581. The Morgan fingerprint density at radius 3 is 2.70 bits per heavy atom. The van der Waals surface area contributed by atoms with Crippen LogP contribution in [-0.4, -0.2) is 11.1 Å². The Hall–Kier alpha value is -0.240. The molecule has 0 spiro atoms. The van der Waals surface area contributed by atoms with Crippen LogP contribution in [0.15, 0.2) is 16.5 Å². The van der Waals surface area contributed by atoms with E-state index in [2.05, 4.69) is 37.2 Å². The first-order valence-corrected chi connectivity index (χ1v) is 4.49. The lowest BCUT2D eigenvalue weighted by Crippen LogP contribution is -2.08. The first-order chi connectivity index (χ1) is 4.70. The molecule has 0 radical (unpaired) electrons. The van der Waals surface area contributed by atoms with Crippen LogP contribution in [0.2, 0.25) is 0 Å². The highest BCUT2D eigenvalue weighted by Gasteiger charge is 2.08. The van der Waals surface area contributed by atoms with Crippen molar-refractivity contribution >= 4 is 16.8 Å². The molecule has 2 heteroatoms. The van der Waals surface area contributed by atoms with E-state index < -0.39 is 0 Å². The summed E-state index contributed by atoms with van der Waals surface area (Å²) in [5.41, 5.74) is 0. The number of nitrogens with zero attached hydrogens (tertiary/aromatic N) is 1. The van der Waals surface area contributed by atoms with E-state index in [4.69, 9.17) is 0 Å². The van der Waals surface area contributed by atoms with Gasteiger partial charge in [-0.3, -0.25) is 4.99 Å². The molecule has 56 valence electrons. The zero-order valence-electron chi connectivity index (χ0n) is 6.66. The van der Waals surface area contributed by atoms with Crippen molar-refractivity contribution in [3.63, 3.8) is 0 Å². The molecule has 0 N–H and O–H groups in total. The number of rotatable bonds is 1. The van der Waals surface area contributed by atoms with Gasteiger partial charge in [-0.15, -0.1) is 0 Å². The van der Waals surface area contributed by atoms with E-state index in [0.717, 1.165) is 0 Å². The van der Waals surface area contributed by atoms with Crippen LogP contribution in [0.5, 0.6) is 0 Å². The summed E-state index contributed by atoms with van der Waals surface area (Å²) in [7, 11) is 0. The number of hydrogen-bond acceptors (Lipinski definition) is 2. The molecule has 0 aromatic rings. The molecular formula is C8H13NS. The molecule has 1 rings (SSSR count). The molecule has 1 atom stereocenters. The Balaban J connectivity index is 2.62. The average molecular weight is 155 g/mol. The second-order valence-corrected chi connectivity index (χ2v) is 3.74. The van der Waals surface area contributed by atoms with Crippen LogP contribution >= 0.6 is 11.8 Å². The Labute approximate surface area is 66.6 Å². The Bertz CT molecular complexity index is 170. The normalized spacial score (nSPS) is 25.2. The lowest BCUT2D eigenvalue weighted by atomic mass is 10.2. The molecule has 0 aliphatic carbocycles. The van der Waals surface area contributed by atoms with Gasteiger partial charge >= 0.3 is 0 Å². The predicted molar refractivity (Wildman–Crippen MR) is 48.5 cm³/mol. The van der Waals surface area contributed by atoms with Crippen molar-refractivity contribution in [2.75, 3.05) is 0 Å². The highest BCUT2D eigenvalue weighted by atomic mass is 32.2. The van der Waals surface area contributed by atoms with Crippen molar-refractivity contribution < 1.29 is 0 Å². The smallest absolute Gasteiger partial charge is 0.0750 e. The molecule has 0 amide bonds. The molecule has 1 aliphatic heterocycles. The van der Waals surface area contributed by atoms with E-state index in [1.807, 2.05) is 0 Å². The fraction of sp³-hybridized carbons (Fsp3) is 0.625. The van der Waals surface area contributed by atoms with E-state index in [0.29, 0.717) is 12.0 Å². The molecule has 1 nitrogen and oxygen atoms in total. The molecule has 0 saturated carbocycles. The highest BCUT2D eigenvalue weighted by molar-refractivity contribution is 8.16. The summed E-state index contributed by atoms with van der Waals surface area (Å²) in [6.07, 6.45) is 2.12. The lowest BCUT2D eigenvalue weighted by molar-refractivity contribution is 0.855. The summed E-state index contributed by atoms with van der Waals surface area (Å²) < 4.78 is 0. The standard InChI is InChI=1S/C8H13NS/c1-6(2)8-9-7(3)4-5-10-8/h4-7H,1-3H3. The molecule has 10 heavy (non-hydrogen) atoms. The highest BCUT2D eigenvalue weighted by Crippen LogP contribution is 2.19. The summed E-state index contributed by atoms with van der Waals surface area (Å²) in [6.45, 7) is 6.47. The monoisotopic (exact) mass is 155 g/mol. The summed E-state index contributed by atoms with van der Waals surface area (Å²) >= 11 is 1.74. The Kier molecular flexibility index (Phi) is 2.55. The van der Waals surface area contributed by atoms with Gasteiger partial charge in [-0.2, -0.15) is 0 Å². The van der Waals surface area contributed by atoms with E-state index >= 15 is 0 Å². The largest absolute Gasteiger partial charge is 0.275 e. The third-order valence-corrected chi connectivity index (χ3v) is 2.48. The van der Waals surface area contributed by atoms with Crippen molar-refractivity contribution in [2.24, 2.45) is 10.9 Å². The quantitative estimate of drug-likeness (QED) is 0.567. The SMILES string of the molecule is CC1C=CSC(C(C)C)=N1. The maximum atomic E-state index is 4.47. The third kappa shape index (κ3) is 1.87. The minimum Gasteiger partial charge on any atom is -0.275 e. The minimum absolute atomic E-state index is 0.388. The number of aliphatic imine (C=N–C) groups is 1. The maximum absolute atomic E-state index is 4.47. The predicted octanol–water partition coefficient (Wildman–Crippen LogP) is 2.69. The van der Waals surface area contributed by atoms with Crippen LogP contribution in [0.4, 0.5) is 0 Å². The molecule has 0 aromatic carbocycles. The molecule has 1 heterocycles. The van der Waals surface area contributed by atoms with Gasteiger partial charge in [0.2, 0.25) is 0 Å². The van der Waals surface area contributed by atoms with Gasteiger partial charge in [-0.1, -0.05) is 31.7 Å². The van der Waals surface area contributed by atoms with Gasteiger partial charge in [0, 0.05) is 5.92 Å². The molecule has 0 fully saturated rings.